The molecular weight excluding hydrogens is 206 g/mol. The first-order valence-corrected chi connectivity index (χ1v) is 8.29. The minimum Gasteiger partial charge on any atom is -0.398 e. The molecule has 0 radical (unpaired) electrons. The SMILES string of the molecule is CCCCCCN=CC[Si](C)(OC)OC. The summed E-state index contributed by atoms with van der Waals surface area (Å²) in [5.41, 5.74) is 0. The lowest BCUT2D eigenvalue weighted by atomic mass is 10.2. The van der Waals surface area contributed by atoms with Crippen molar-refractivity contribution in [3.8, 4) is 0 Å². The van der Waals surface area contributed by atoms with Crippen molar-refractivity contribution in [2.45, 2.75) is 45.2 Å². The molecule has 0 unspecified atom stereocenters. The lowest BCUT2D eigenvalue weighted by Crippen LogP contribution is -2.36. The van der Waals surface area contributed by atoms with Crippen LogP contribution >= 0.6 is 0 Å². The Morgan fingerprint density at radius 1 is 1.13 bits per heavy atom. The molecule has 0 saturated carbocycles. The maximum absolute atomic E-state index is 5.36. The zero-order valence-corrected chi connectivity index (χ0v) is 11.6. The minimum absolute atomic E-state index is 0.841. The molecule has 90 valence electrons. The van der Waals surface area contributed by atoms with Crippen molar-refractivity contribution < 1.29 is 8.85 Å². The average molecular weight is 231 g/mol. The largest absolute Gasteiger partial charge is 0.398 e. The van der Waals surface area contributed by atoms with Crippen LogP contribution in [0.2, 0.25) is 12.6 Å². The third kappa shape index (κ3) is 7.70. The molecule has 0 aromatic rings. The monoisotopic (exact) mass is 231 g/mol. The van der Waals surface area contributed by atoms with Gasteiger partial charge in [-0.2, -0.15) is 0 Å². The summed E-state index contributed by atoms with van der Waals surface area (Å²) < 4.78 is 10.7. The van der Waals surface area contributed by atoms with Gasteiger partial charge in [0.05, 0.1) is 0 Å². The maximum Gasteiger partial charge on any atom is 0.339 e. The summed E-state index contributed by atoms with van der Waals surface area (Å²) >= 11 is 0. The Balaban J connectivity index is 3.52. The van der Waals surface area contributed by atoms with Crippen molar-refractivity contribution in [1.29, 1.82) is 0 Å². The molecule has 0 aromatic carbocycles. The van der Waals surface area contributed by atoms with Crippen LogP contribution in [0.25, 0.3) is 0 Å². The number of rotatable bonds is 9. The van der Waals surface area contributed by atoms with Crippen LogP contribution in [0.15, 0.2) is 4.99 Å². The number of aliphatic imine (C=N–C) groups is 1. The Labute approximate surface area is 95.1 Å². The van der Waals surface area contributed by atoms with Gasteiger partial charge in [-0.15, -0.1) is 0 Å². The van der Waals surface area contributed by atoms with E-state index < -0.39 is 8.56 Å². The zero-order valence-electron chi connectivity index (χ0n) is 10.6. The molecule has 0 atom stereocenters. The zero-order chi connectivity index (χ0) is 11.6. The number of hydrogen-bond acceptors (Lipinski definition) is 3. The van der Waals surface area contributed by atoms with Crippen LogP contribution in [0.5, 0.6) is 0 Å². The van der Waals surface area contributed by atoms with Gasteiger partial charge in [-0.3, -0.25) is 4.99 Å². The van der Waals surface area contributed by atoms with E-state index in [0.29, 0.717) is 0 Å². The van der Waals surface area contributed by atoms with Gasteiger partial charge in [-0.25, -0.2) is 0 Å². The summed E-state index contributed by atoms with van der Waals surface area (Å²) in [6, 6.07) is 0.841. The van der Waals surface area contributed by atoms with Crippen LogP contribution in [-0.4, -0.2) is 35.5 Å². The Hall–Kier alpha value is -0.193. The summed E-state index contributed by atoms with van der Waals surface area (Å²) in [5, 5.41) is 0. The van der Waals surface area contributed by atoms with Crippen LogP contribution in [0.1, 0.15) is 32.6 Å². The van der Waals surface area contributed by atoms with Crippen molar-refractivity contribution in [3.05, 3.63) is 0 Å². The summed E-state index contributed by atoms with van der Waals surface area (Å²) in [6.45, 7) is 5.21. The molecule has 0 fully saturated rings. The summed E-state index contributed by atoms with van der Waals surface area (Å²) in [5.74, 6) is 0. The highest BCUT2D eigenvalue weighted by atomic mass is 28.4. The van der Waals surface area contributed by atoms with E-state index in [1.54, 1.807) is 14.2 Å². The average Bonchev–Trinajstić information content (AvgIpc) is 2.27. The molecule has 3 nitrogen and oxygen atoms in total. The van der Waals surface area contributed by atoms with Crippen molar-refractivity contribution >= 4 is 14.8 Å². The number of nitrogens with zero attached hydrogens (tertiary/aromatic N) is 1. The van der Waals surface area contributed by atoms with Crippen LogP contribution in [-0.2, 0) is 8.85 Å². The molecule has 4 heteroatoms. The van der Waals surface area contributed by atoms with Gasteiger partial charge < -0.3 is 8.85 Å². The lowest BCUT2D eigenvalue weighted by Gasteiger charge is -2.20. The molecule has 0 saturated heterocycles. The Morgan fingerprint density at radius 2 is 1.80 bits per heavy atom. The molecule has 0 aliphatic carbocycles. The van der Waals surface area contributed by atoms with Gasteiger partial charge in [0.15, 0.2) is 0 Å². The second kappa shape index (κ2) is 9.06. The molecule has 0 aromatic heterocycles. The van der Waals surface area contributed by atoms with Gasteiger partial charge in [0.1, 0.15) is 0 Å². The summed E-state index contributed by atoms with van der Waals surface area (Å²) in [6.07, 6.45) is 7.05. The van der Waals surface area contributed by atoms with E-state index >= 15 is 0 Å². The molecule has 0 amide bonds. The van der Waals surface area contributed by atoms with Crippen LogP contribution in [0.4, 0.5) is 0 Å². The minimum atomic E-state index is -1.92. The second-order valence-corrected chi connectivity index (χ2v) is 7.39. The lowest BCUT2D eigenvalue weighted by molar-refractivity contribution is 0.255. The predicted octanol–water partition coefficient (Wildman–Crippen LogP) is 3.00. The highest BCUT2D eigenvalue weighted by Gasteiger charge is 2.26. The van der Waals surface area contributed by atoms with Crippen molar-refractivity contribution in [1.82, 2.24) is 0 Å². The third-order valence-corrected chi connectivity index (χ3v) is 5.25. The first kappa shape index (κ1) is 14.8. The predicted molar refractivity (Wildman–Crippen MR) is 67.9 cm³/mol. The normalized spacial score (nSPS) is 12.5. The smallest absolute Gasteiger partial charge is 0.339 e. The topological polar surface area (TPSA) is 30.8 Å². The highest BCUT2D eigenvalue weighted by molar-refractivity contribution is 6.68. The fourth-order valence-electron chi connectivity index (χ4n) is 1.20. The number of hydrogen-bond donors (Lipinski definition) is 0. The van der Waals surface area contributed by atoms with E-state index in [0.717, 1.165) is 12.6 Å². The number of unbranched alkanes of at least 4 members (excludes halogenated alkanes) is 3. The van der Waals surface area contributed by atoms with E-state index in [2.05, 4.69) is 18.5 Å². The van der Waals surface area contributed by atoms with Gasteiger partial charge in [0.25, 0.3) is 0 Å². The summed E-state index contributed by atoms with van der Waals surface area (Å²) in [4.78, 5) is 4.37. The molecule has 0 aliphatic heterocycles. The highest BCUT2D eigenvalue weighted by Crippen LogP contribution is 2.08. The fraction of sp³-hybridized carbons (Fsp3) is 0.909. The molecule has 15 heavy (non-hydrogen) atoms. The quantitative estimate of drug-likeness (QED) is 0.347. The maximum atomic E-state index is 5.36. The molecule has 0 aliphatic rings. The third-order valence-electron chi connectivity index (χ3n) is 2.60. The Kier molecular flexibility index (Phi) is 8.95. The van der Waals surface area contributed by atoms with E-state index in [-0.39, 0.29) is 0 Å². The van der Waals surface area contributed by atoms with E-state index in [1.807, 2.05) is 6.21 Å². The van der Waals surface area contributed by atoms with Crippen LogP contribution in [0, 0.1) is 0 Å². The van der Waals surface area contributed by atoms with Crippen LogP contribution in [0.3, 0.4) is 0 Å². The Bertz CT molecular complexity index is 170. The first-order chi connectivity index (χ1) is 7.18. The molecule has 0 N–H and O–H groups in total. The van der Waals surface area contributed by atoms with Gasteiger partial charge in [0, 0.05) is 33.0 Å². The molecule has 0 rings (SSSR count). The molecular formula is C11H25NO2Si. The van der Waals surface area contributed by atoms with Crippen molar-refractivity contribution in [2.75, 3.05) is 20.8 Å². The van der Waals surface area contributed by atoms with Gasteiger partial charge >= 0.3 is 8.56 Å². The first-order valence-electron chi connectivity index (χ1n) is 5.77. The van der Waals surface area contributed by atoms with E-state index in [9.17, 15) is 0 Å². The van der Waals surface area contributed by atoms with E-state index in [4.69, 9.17) is 8.85 Å². The van der Waals surface area contributed by atoms with Crippen molar-refractivity contribution in [3.63, 3.8) is 0 Å². The standard InChI is InChI=1S/C11H25NO2Si/c1-5-6-7-8-9-12-10-11-15(4,13-2)14-3/h10H,5-9,11H2,1-4H3. The molecule has 0 bridgehead atoms. The second-order valence-electron chi connectivity index (χ2n) is 3.90. The van der Waals surface area contributed by atoms with E-state index in [1.165, 1.54) is 25.7 Å². The Morgan fingerprint density at radius 3 is 2.33 bits per heavy atom. The van der Waals surface area contributed by atoms with Gasteiger partial charge in [0.2, 0.25) is 0 Å². The van der Waals surface area contributed by atoms with Gasteiger partial charge in [-0.1, -0.05) is 26.2 Å². The molecule has 0 heterocycles. The fourth-order valence-corrected chi connectivity index (χ4v) is 2.16. The molecule has 0 spiro atoms. The van der Waals surface area contributed by atoms with Gasteiger partial charge in [-0.05, 0) is 13.0 Å². The van der Waals surface area contributed by atoms with Crippen LogP contribution < -0.4 is 0 Å². The summed E-state index contributed by atoms with van der Waals surface area (Å²) in [7, 11) is 1.50. The van der Waals surface area contributed by atoms with Crippen molar-refractivity contribution in [2.24, 2.45) is 4.99 Å².